The van der Waals surface area contributed by atoms with Gasteiger partial charge in [0, 0.05) is 31.7 Å². The molecular weight excluding hydrogens is 292 g/mol. The molecule has 0 aromatic carbocycles. The average molecular weight is 316 g/mol. The van der Waals surface area contributed by atoms with E-state index in [1.54, 1.807) is 13.1 Å². The van der Waals surface area contributed by atoms with Gasteiger partial charge in [-0.3, -0.25) is 9.78 Å². The Balaban J connectivity index is 1.62. The predicted molar refractivity (Wildman–Crippen MR) is 88.1 cm³/mol. The molecule has 1 aliphatic carbocycles. The average Bonchev–Trinajstić information content (AvgIpc) is 3.24. The van der Waals surface area contributed by atoms with Crippen LogP contribution in [-0.2, 0) is 4.79 Å². The number of carbonyl (C=O) groups is 2. The van der Waals surface area contributed by atoms with Crippen molar-refractivity contribution in [2.24, 2.45) is 0 Å². The quantitative estimate of drug-likeness (QED) is 0.927. The minimum Gasteiger partial charge on any atom is -0.338 e. The van der Waals surface area contributed by atoms with Gasteiger partial charge in [-0.25, -0.2) is 4.79 Å². The van der Waals surface area contributed by atoms with Gasteiger partial charge < -0.3 is 15.1 Å². The van der Waals surface area contributed by atoms with E-state index in [-0.39, 0.29) is 18.0 Å². The molecule has 0 radical (unpaired) electrons. The summed E-state index contributed by atoms with van der Waals surface area (Å²) in [5, 5.41) is 2.91. The van der Waals surface area contributed by atoms with Crippen molar-refractivity contribution >= 4 is 17.6 Å². The van der Waals surface area contributed by atoms with Crippen LogP contribution in [0.2, 0.25) is 0 Å². The number of likely N-dealkylation sites (tertiary alicyclic amines) is 1. The molecule has 1 saturated heterocycles. The second-order valence-corrected chi connectivity index (χ2v) is 6.51. The molecule has 1 aliphatic heterocycles. The van der Waals surface area contributed by atoms with E-state index in [0.29, 0.717) is 18.3 Å². The molecule has 1 N–H and O–H groups in total. The van der Waals surface area contributed by atoms with Crippen LogP contribution in [0.15, 0.2) is 18.3 Å². The highest BCUT2D eigenvalue weighted by atomic mass is 16.2. The van der Waals surface area contributed by atoms with Crippen LogP contribution in [0.4, 0.5) is 10.5 Å². The molecule has 6 heteroatoms. The molecule has 1 atom stereocenters. The Morgan fingerprint density at radius 2 is 2.13 bits per heavy atom. The Morgan fingerprint density at radius 1 is 1.35 bits per heavy atom. The first kappa shape index (κ1) is 15.8. The van der Waals surface area contributed by atoms with Gasteiger partial charge in [-0.05, 0) is 44.7 Å². The van der Waals surface area contributed by atoms with Gasteiger partial charge in [-0.2, -0.15) is 0 Å². The fourth-order valence-electron chi connectivity index (χ4n) is 3.18. The number of urea groups is 1. The highest BCUT2D eigenvalue weighted by molar-refractivity contribution is 5.89. The molecule has 2 heterocycles. The van der Waals surface area contributed by atoms with Gasteiger partial charge in [-0.15, -0.1) is 0 Å². The van der Waals surface area contributed by atoms with Crippen molar-refractivity contribution < 1.29 is 9.59 Å². The first-order chi connectivity index (χ1) is 11.0. The van der Waals surface area contributed by atoms with Crippen molar-refractivity contribution in [1.82, 2.24) is 14.8 Å². The van der Waals surface area contributed by atoms with E-state index in [9.17, 15) is 9.59 Å². The molecule has 1 saturated carbocycles. The highest BCUT2D eigenvalue weighted by Gasteiger charge is 2.36. The lowest BCUT2D eigenvalue weighted by atomic mass is 10.2. The van der Waals surface area contributed by atoms with Gasteiger partial charge in [0.25, 0.3) is 0 Å². The molecule has 2 fully saturated rings. The number of rotatable bonds is 4. The van der Waals surface area contributed by atoms with E-state index < -0.39 is 0 Å². The van der Waals surface area contributed by atoms with Crippen LogP contribution in [-0.4, -0.2) is 51.9 Å². The van der Waals surface area contributed by atoms with Gasteiger partial charge >= 0.3 is 6.03 Å². The number of hydrogen-bond donors (Lipinski definition) is 1. The first-order valence-electron chi connectivity index (χ1n) is 8.32. The van der Waals surface area contributed by atoms with Crippen LogP contribution >= 0.6 is 0 Å². The van der Waals surface area contributed by atoms with Crippen molar-refractivity contribution in [2.75, 3.05) is 18.4 Å². The summed E-state index contributed by atoms with van der Waals surface area (Å²) >= 11 is 0. The van der Waals surface area contributed by atoms with E-state index in [1.807, 2.05) is 28.9 Å². The number of anilines is 1. The number of nitrogens with zero attached hydrogens (tertiary/aromatic N) is 3. The SMILES string of the molecule is CC(=O)N(C[C@H]1CCCN1C(=O)Nc1ccc(C)nc1)C1CC1. The molecule has 124 valence electrons. The number of amides is 3. The topological polar surface area (TPSA) is 65.5 Å². The van der Waals surface area contributed by atoms with Crippen molar-refractivity contribution in [3.05, 3.63) is 24.0 Å². The standard InChI is InChI=1S/C17H24N4O2/c1-12-5-6-14(10-18-12)19-17(23)20-9-3-4-16(20)11-21(13(2)22)15-7-8-15/h5-6,10,15-16H,3-4,7-9,11H2,1-2H3,(H,19,23)/t16-/m1/s1. The number of hydrogen-bond acceptors (Lipinski definition) is 3. The Kier molecular flexibility index (Phi) is 4.50. The Morgan fingerprint density at radius 3 is 2.74 bits per heavy atom. The highest BCUT2D eigenvalue weighted by Crippen LogP contribution is 2.29. The maximum absolute atomic E-state index is 12.5. The van der Waals surface area contributed by atoms with Crippen molar-refractivity contribution in [1.29, 1.82) is 0 Å². The van der Waals surface area contributed by atoms with Crippen LogP contribution in [0.25, 0.3) is 0 Å². The molecule has 0 unspecified atom stereocenters. The molecule has 3 rings (SSSR count). The third kappa shape index (κ3) is 3.81. The van der Waals surface area contributed by atoms with Crippen molar-refractivity contribution in [2.45, 2.75) is 51.6 Å². The second-order valence-electron chi connectivity index (χ2n) is 6.51. The molecule has 23 heavy (non-hydrogen) atoms. The molecule has 1 aromatic rings. The normalized spacial score (nSPS) is 20.4. The van der Waals surface area contributed by atoms with Crippen LogP contribution in [0.3, 0.4) is 0 Å². The molecular formula is C17H24N4O2. The van der Waals surface area contributed by atoms with E-state index in [0.717, 1.165) is 37.9 Å². The van der Waals surface area contributed by atoms with Crippen molar-refractivity contribution in [3.8, 4) is 0 Å². The molecule has 0 bridgehead atoms. The van der Waals surface area contributed by atoms with Crippen LogP contribution in [0, 0.1) is 6.92 Å². The van der Waals surface area contributed by atoms with Gasteiger partial charge in [0.2, 0.25) is 5.91 Å². The Bertz CT molecular complexity index is 583. The first-order valence-corrected chi connectivity index (χ1v) is 8.32. The summed E-state index contributed by atoms with van der Waals surface area (Å²) in [5.41, 5.74) is 1.63. The largest absolute Gasteiger partial charge is 0.338 e. The Hall–Kier alpha value is -2.11. The summed E-state index contributed by atoms with van der Waals surface area (Å²) in [4.78, 5) is 32.3. The fraction of sp³-hybridized carbons (Fsp3) is 0.588. The zero-order valence-electron chi connectivity index (χ0n) is 13.8. The van der Waals surface area contributed by atoms with Crippen LogP contribution in [0.5, 0.6) is 0 Å². The maximum Gasteiger partial charge on any atom is 0.322 e. The lowest BCUT2D eigenvalue weighted by Gasteiger charge is -2.30. The number of carbonyl (C=O) groups excluding carboxylic acids is 2. The zero-order valence-corrected chi connectivity index (χ0v) is 13.8. The molecule has 1 aromatic heterocycles. The van der Waals surface area contributed by atoms with E-state index >= 15 is 0 Å². The third-order valence-electron chi connectivity index (χ3n) is 4.60. The summed E-state index contributed by atoms with van der Waals surface area (Å²) in [6.45, 7) is 4.93. The zero-order chi connectivity index (χ0) is 16.4. The maximum atomic E-state index is 12.5. The van der Waals surface area contributed by atoms with E-state index in [2.05, 4.69) is 10.3 Å². The van der Waals surface area contributed by atoms with Gasteiger partial charge in [0.15, 0.2) is 0 Å². The van der Waals surface area contributed by atoms with Crippen molar-refractivity contribution in [3.63, 3.8) is 0 Å². The smallest absolute Gasteiger partial charge is 0.322 e. The molecule has 6 nitrogen and oxygen atoms in total. The van der Waals surface area contributed by atoms with Gasteiger partial charge in [-0.1, -0.05) is 0 Å². The minimum absolute atomic E-state index is 0.0996. The fourth-order valence-corrected chi connectivity index (χ4v) is 3.18. The summed E-state index contributed by atoms with van der Waals surface area (Å²) in [6, 6.07) is 4.13. The lowest BCUT2D eigenvalue weighted by molar-refractivity contribution is -0.130. The Labute approximate surface area is 136 Å². The molecule has 2 aliphatic rings. The number of aromatic nitrogens is 1. The van der Waals surface area contributed by atoms with E-state index in [1.165, 1.54) is 0 Å². The number of pyridine rings is 1. The summed E-state index contributed by atoms with van der Waals surface area (Å²) in [6.07, 6.45) is 5.79. The van der Waals surface area contributed by atoms with E-state index in [4.69, 9.17) is 0 Å². The molecule has 0 spiro atoms. The minimum atomic E-state index is -0.0996. The number of nitrogens with one attached hydrogen (secondary N) is 1. The van der Waals surface area contributed by atoms with Crippen LogP contribution in [0.1, 0.15) is 38.3 Å². The monoisotopic (exact) mass is 316 g/mol. The third-order valence-corrected chi connectivity index (χ3v) is 4.60. The predicted octanol–water partition coefficient (Wildman–Crippen LogP) is 2.40. The van der Waals surface area contributed by atoms with Crippen LogP contribution < -0.4 is 5.32 Å². The van der Waals surface area contributed by atoms with Gasteiger partial charge in [0.05, 0.1) is 17.9 Å². The lowest BCUT2D eigenvalue weighted by Crippen LogP contribution is -2.46. The van der Waals surface area contributed by atoms with Gasteiger partial charge in [0.1, 0.15) is 0 Å². The summed E-state index contributed by atoms with van der Waals surface area (Å²) in [7, 11) is 0. The second kappa shape index (κ2) is 6.56. The number of aryl methyl sites for hydroxylation is 1. The summed E-state index contributed by atoms with van der Waals surface area (Å²) in [5.74, 6) is 0.113. The summed E-state index contributed by atoms with van der Waals surface area (Å²) < 4.78 is 0. The molecule has 3 amide bonds.